The smallest absolute Gasteiger partial charge is 0.258 e. The van der Waals surface area contributed by atoms with Crippen molar-refractivity contribution in [3.05, 3.63) is 53.6 Å². The van der Waals surface area contributed by atoms with E-state index in [1.165, 1.54) is 4.90 Å². The lowest BCUT2D eigenvalue weighted by molar-refractivity contribution is -0.135. The maximum atomic E-state index is 12.7. The quantitative estimate of drug-likeness (QED) is 0.752. The summed E-state index contributed by atoms with van der Waals surface area (Å²) in [4.78, 5) is 39.2. The van der Waals surface area contributed by atoms with Crippen molar-refractivity contribution < 1.29 is 28.6 Å². The van der Waals surface area contributed by atoms with Crippen LogP contribution >= 0.6 is 0 Å². The lowest BCUT2D eigenvalue weighted by Gasteiger charge is -2.38. The molecule has 0 saturated carbocycles. The molecule has 1 spiro atoms. The fourth-order valence-corrected chi connectivity index (χ4v) is 4.16. The molecule has 1 fully saturated rings. The number of carbonyl (C=O) groups excluding carboxylic acids is 3. The van der Waals surface area contributed by atoms with Crippen LogP contribution in [0.4, 0.5) is 0 Å². The highest BCUT2D eigenvalue weighted by Gasteiger charge is 2.42. The van der Waals surface area contributed by atoms with Crippen LogP contribution < -0.4 is 24.8 Å². The minimum Gasteiger partial charge on any atom is -0.467 e. The predicted octanol–water partition coefficient (Wildman–Crippen LogP) is 1.56. The third kappa shape index (κ3) is 3.93. The van der Waals surface area contributed by atoms with Crippen LogP contribution in [-0.2, 0) is 16.1 Å². The molecule has 9 nitrogen and oxygen atoms in total. The van der Waals surface area contributed by atoms with Crippen molar-refractivity contribution in [2.75, 3.05) is 19.9 Å². The van der Waals surface area contributed by atoms with Crippen molar-refractivity contribution in [1.82, 2.24) is 15.5 Å². The summed E-state index contributed by atoms with van der Waals surface area (Å²) in [5.41, 5.74) is 0.410. The molecule has 2 N–H and O–H groups in total. The monoisotopic (exact) mass is 437 g/mol. The number of hydrogen-bond donors (Lipinski definition) is 2. The fourth-order valence-electron chi connectivity index (χ4n) is 4.16. The maximum absolute atomic E-state index is 12.7. The van der Waals surface area contributed by atoms with E-state index in [-0.39, 0.29) is 37.5 Å². The van der Waals surface area contributed by atoms with Crippen molar-refractivity contribution in [3.8, 4) is 17.2 Å². The molecule has 3 aliphatic heterocycles. The Morgan fingerprint density at radius 2 is 1.91 bits per heavy atom. The molecule has 0 bridgehead atoms. The highest BCUT2D eigenvalue weighted by Crippen LogP contribution is 2.34. The van der Waals surface area contributed by atoms with E-state index in [0.717, 1.165) is 5.56 Å². The van der Waals surface area contributed by atoms with Crippen molar-refractivity contribution in [2.24, 2.45) is 0 Å². The highest BCUT2D eigenvalue weighted by molar-refractivity contribution is 5.98. The lowest BCUT2D eigenvalue weighted by Crippen LogP contribution is -2.56. The van der Waals surface area contributed by atoms with Crippen LogP contribution in [0.5, 0.6) is 17.2 Å². The van der Waals surface area contributed by atoms with E-state index in [1.54, 1.807) is 24.3 Å². The van der Waals surface area contributed by atoms with Crippen LogP contribution in [0.15, 0.2) is 42.5 Å². The van der Waals surface area contributed by atoms with Gasteiger partial charge in [-0.25, -0.2) is 0 Å². The second-order valence-corrected chi connectivity index (χ2v) is 8.08. The Hall–Kier alpha value is -3.75. The first-order chi connectivity index (χ1) is 15.5. The number of nitrogens with one attached hydrogen (secondary N) is 2. The summed E-state index contributed by atoms with van der Waals surface area (Å²) >= 11 is 0. The standard InChI is InChI=1S/C23H23N3O6/c27-20(24-12-15-5-6-18-19(11-15)31-14-30-18)13-26-10-9-23(8-7-21(26)28)25-22(29)16-3-1-2-4-17(16)32-23/h1-6,11H,7-10,12-14H2,(H,24,27)(H,25,29). The summed E-state index contributed by atoms with van der Waals surface area (Å²) in [6.07, 6.45) is 0.924. The van der Waals surface area contributed by atoms with Gasteiger partial charge in [-0.1, -0.05) is 18.2 Å². The Labute approximate surface area is 184 Å². The van der Waals surface area contributed by atoms with E-state index in [4.69, 9.17) is 14.2 Å². The fraction of sp³-hybridized carbons (Fsp3) is 0.348. The van der Waals surface area contributed by atoms with Crippen LogP contribution in [0.2, 0.25) is 0 Å². The van der Waals surface area contributed by atoms with Gasteiger partial charge in [0.25, 0.3) is 5.91 Å². The molecule has 0 aliphatic carbocycles. The van der Waals surface area contributed by atoms with Crippen LogP contribution in [0.25, 0.3) is 0 Å². The van der Waals surface area contributed by atoms with Gasteiger partial charge in [-0.15, -0.1) is 0 Å². The van der Waals surface area contributed by atoms with Crippen LogP contribution in [-0.4, -0.2) is 48.2 Å². The average molecular weight is 437 g/mol. The zero-order valence-corrected chi connectivity index (χ0v) is 17.4. The first-order valence-electron chi connectivity index (χ1n) is 10.5. The molecular formula is C23H23N3O6. The molecule has 5 rings (SSSR count). The number of likely N-dealkylation sites (tertiary alicyclic amines) is 1. The number of ether oxygens (including phenoxy) is 3. The molecule has 0 aromatic heterocycles. The number of nitrogens with zero attached hydrogens (tertiary/aromatic N) is 1. The van der Waals surface area contributed by atoms with E-state index in [2.05, 4.69) is 10.6 Å². The predicted molar refractivity (Wildman–Crippen MR) is 112 cm³/mol. The summed E-state index contributed by atoms with van der Waals surface area (Å²) in [5, 5.41) is 5.77. The molecule has 0 radical (unpaired) electrons. The number of rotatable bonds is 4. The Bertz CT molecular complexity index is 1090. The van der Waals surface area contributed by atoms with E-state index >= 15 is 0 Å². The molecule has 166 valence electrons. The van der Waals surface area contributed by atoms with Crippen LogP contribution in [0.3, 0.4) is 0 Å². The summed E-state index contributed by atoms with van der Waals surface area (Å²) in [6.45, 7) is 0.763. The number of carbonyl (C=O) groups is 3. The summed E-state index contributed by atoms with van der Waals surface area (Å²) in [6, 6.07) is 12.5. The summed E-state index contributed by atoms with van der Waals surface area (Å²) in [5.74, 6) is 1.24. The molecular weight excluding hydrogens is 414 g/mol. The first-order valence-corrected chi connectivity index (χ1v) is 10.5. The molecule has 1 saturated heterocycles. The molecule has 32 heavy (non-hydrogen) atoms. The molecule has 3 heterocycles. The molecule has 9 heteroatoms. The topological polar surface area (TPSA) is 106 Å². The van der Waals surface area contributed by atoms with Gasteiger partial charge in [0.2, 0.25) is 18.6 Å². The van der Waals surface area contributed by atoms with Gasteiger partial charge in [-0.05, 0) is 29.8 Å². The Kier molecular flexibility index (Phi) is 5.08. The highest BCUT2D eigenvalue weighted by atomic mass is 16.7. The minimum atomic E-state index is -0.946. The molecule has 1 atom stereocenters. The van der Waals surface area contributed by atoms with Gasteiger partial charge in [0.1, 0.15) is 5.75 Å². The second-order valence-electron chi connectivity index (χ2n) is 8.08. The third-order valence-electron chi connectivity index (χ3n) is 5.92. The van der Waals surface area contributed by atoms with E-state index in [1.807, 2.05) is 18.2 Å². The third-order valence-corrected chi connectivity index (χ3v) is 5.92. The van der Waals surface area contributed by atoms with Gasteiger partial charge in [-0.3, -0.25) is 14.4 Å². The normalized spacial score (nSPS) is 21.4. The number of benzene rings is 2. The van der Waals surface area contributed by atoms with Crippen molar-refractivity contribution >= 4 is 17.7 Å². The van der Waals surface area contributed by atoms with Gasteiger partial charge in [0, 0.05) is 32.4 Å². The van der Waals surface area contributed by atoms with E-state index in [0.29, 0.717) is 48.7 Å². The minimum absolute atomic E-state index is 0.0516. The number of fused-ring (bicyclic) bond motifs is 2. The summed E-state index contributed by atoms with van der Waals surface area (Å²) < 4.78 is 16.8. The molecule has 1 unspecified atom stereocenters. The van der Waals surface area contributed by atoms with Gasteiger partial charge in [0.05, 0.1) is 12.1 Å². The Morgan fingerprint density at radius 1 is 1.06 bits per heavy atom. The zero-order chi connectivity index (χ0) is 22.1. The zero-order valence-electron chi connectivity index (χ0n) is 17.4. The molecule has 3 amide bonds. The summed E-state index contributed by atoms with van der Waals surface area (Å²) in [7, 11) is 0. The van der Waals surface area contributed by atoms with Crippen molar-refractivity contribution in [2.45, 2.75) is 31.5 Å². The largest absolute Gasteiger partial charge is 0.467 e. The van der Waals surface area contributed by atoms with Gasteiger partial charge in [-0.2, -0.15) is 0 Å². The average Bonchev–Trinajstić information content (AvgIpc) is 3.21. The van der Waals surface area contributed by atoms with E-state index < -0.39 is 5.72 Å². The number of hydrogen-bond acceptors (Lipinski definition) is 6. The SMILES string of the molecule is O=C(CN1CCC2(CCC1=O)NC(=O)c1ccccc1O2)NCc1ccc2c(c1)OCO2. The van der Waals surface area contributed by atoms with Crippen molar-refractivity contribution in [1.29, 1.82) is 0 Å². The van der Waals surface area contributed by atoms with Crippen LogP contribution in [0, 0.1) is 0 Å². The van der Waals surface area contributed by atoms with Gasteiger partial charge < -0.3 is 29.7 Å². The Balaban J connectivity index is 1.19. The molecule has 3 aliphatic rings. The number of para-hydroxylation sites is 1. The molecule has 2 aromatic rings. The van der Waals surface area contributed by atoms with Crippen LogP contribution in [0.1, 0.15) is 35.2 Å². The first kappa shape index (κ1) is 20.2. The Morgan fingerprint density at radius 3 is 2.81 bits per heavy atom. The van der Waals surface area contributed by atoms with Crippen molar-refractivity contribution in [3.63, 3.8) is 0 Å². The second kappa shape index (κ2) is 8.07. The van der Waals surface area contributed by atoms with Gasteiger partial charge in [0.15, 0.2) is 17.2 Å². The lowest BCUT2D eigenvalue weighted by atomic mass is 10.0. The van der Waals surface area contributed by atoms with E-state index in [9.17, 15) is 14.4 Å². The molecule has 2 aromatic carbocycles. The number of amides is 3. The van der Waals surface area contributed by atoms with Gasteiger partial charge >= 0.3 is 0 Å². The maximum Gasteiger partial charge on any atom is 0.258 e.